The second-order valence-corrected chi connectivity index (χ2v) is 6.75. The highest BCUT2D eigenvalue weighted by Gasteiger charge is 2.55. The number of Topliss-reactive ketones (excluding diaryl/α,β-unsaturated/α-hetero) is 2. The van der Waals surface area contributed by atoms with Gasteiger partial charge in [0.15, 0.2) is 5.60 Å². The molecule has 0 saturated carbocycles. The molecule has 0 bridgehead atoms. The molecule has 0 aliphatic carbocycles. The van der Waals surface area contributed by atoms with E-state index in [1.54, 1.807) is 55.5 Å². The van der Waals surface area contributed by atoms with E-state index >= 15 is 0 Å². The Morgan fingerprint density at radius 2 is 1.17 bits per heavy atom. The molecule has 0 N–H and O–H groups in total. The van der Waals surface area contributed by atoms with Crippen molar-refractivity contribution in [2.45, 2.75) is 33.3 Å². The number of benzene rings is 2. The van der Waals surface area contributed by atoms with Crippen LogP contribution in [0.1, 0.15) is 48.4 Å². The number of carbonyl (C=O) groups is 2. The van der Waals surface area contributed by atoms with Crippen molar-refractivity contribution in [3.63, 3.8) is 0 Å². The van der Waals surface area contributed by atoms with Gasteiger partial charge in [0.1, 0.15) is 0 Å². The summed E-state index contributed by atoms with van der Waals surface area (Å²) in [5.41, 5.74) is -1.32. The largest absolute Gasteiger partial charge is 0.358 e. The number of ketones is 2. The van der Waals surface area contributed by atoms with Gasteiger partial charge in [-0.2, -0.15) is 0 Å². The van der Waals surface area contributed by atoms with Crippen LogP contribution in [0.4, 0.5) is 0 Å². The molecule has 0 atom stereocenters. The minimum atomic E-state index is -1.57. The van der Waals surface area contributed by atoms with Gasteiger partial charge in [0.25, 0.3) is 0 Å². The lowest BCUT2D eigenvalue weighted by Crippen LogP contribution is -2.58. The maximum atomic E-state index is 13.4. The fourth-order valence-electron chi connectivity index (χ4n) is 2.93. The molecule has 0 amide bonds. The van der Waals surface area contributed by atoms with Gasteiger partial charge in [-0.1, -0.05) is 81.4 Å². The van der Waals surface area contributed by atoms with Crippen LogP contribution in [0.5, 0.6) is 0 Å². The van der Waals surface area contributed by atoms with E-state index in [1.807, 2.05) is 32.9 Å². The van der Waals surface area contributed by atoms with E-state index in [2.05, 4.69) is 0 Å². The van der Waals surface area contributed by atoms with E-state index in [0.29, 0.717) is 11.1 Å². The second kappa shape index (κ2) is 7.10. The summed E-state index contributed by atoms with van der Waals surface area (Å²) in [4.78, 5) is 26.7. The van der Waals surface area contributed by atoms with Crippen molar-refractivity contribution in [1.82, 2.24) is 0 Å². The van der Waals surface area contributed by atoms with Crippen molar-refractivity contribution in [1.29, 1.82) is 0 Å². The number of hydrogen-bond acceptors (Lipinski definition) is 3. The molecule has 0 fully saturated rings. The Morgan fingerprint density at radius 3 is 1.46 bits per heavy atom. The maximum Gasteiger partial charge on any atom is 0.203 e. The summed E-state index contributed by atoms with van der Waals surface area (Å²) in [6.45, 7) is 7.67. The fourth-order valence-corrected chi connectivity index (χ4v) is 2.93. The van der Waals surface area contributed by atoms with Crippen LogP contribution in [0.25, 0.3) is 0 Å². The number of rotatable bonds is 6. The highest BCUT2D eigenvalue weighted by molar-refractivity contribution is 6.23. The van der Waals surface area contributed by atoms with Gasteiger partial charge in [-0.15, -0.1) is 0 Å². The van der Waals surface area contributed by atoms with Crippen LogP contribution in [0.3, 0.4) is 0 Å². The molecule has 24 heavy (non-hydrogen) atoms. The van der Waals surface area contributed by atoms with E-state index in [4.69, 9.17) is 4.74 Å². The lowest BCUT2D eigenvalue weighted by molar-refractivity contribution is -0.0596. The Bertz CT molecular complexity index is 645. The Kier molecular flexibility index (Phi) is 5.35. The van der Waals surface area contributed by atoms with E-state index < -0.39 is 11.0 Å². The first kappa shape index (κ1) is 18.1. The topological polar surface area (TPSA) is 43.4 Å². The van der Waals surface area contributed by atoms with Crippen molar-refractivity contribution in [2.24, 2.45) is 5.41 Å². The predicted octanol–water partition coefficient (Wildman–Crippen LogP) is 4.57. The van der Waals surface area contributed by atoms with E-state index in [9.17, 15) is 9.59 Å². The standard InChI is InChI=1S/C21H24O3/c1-5-24-21(20(2,3)4,18(22)16-12-8-6-9-13-16)19(23)17-14-10-7-11-15-17/h6-15H,5H2,1-4H3. The molecule has 2 aromatic carbocycles. The van der Waals surface area contributed by atoms with Crippen LogP contribution < -0.4 is 0 Å². The van der Waals surface area contributed by atoms with E-state index in [0.717, 1.165) is 0 Å². The molecule has 0 radical (unpaired) electrons. The first-order valence-corrected chi connectivity index (χ1v) is 8.18. The molecule has 3 nitrogen and oxygen atoms in total. The third-order valence-corrected chi connectivity index (χ3v) is 4.13. The van der Waals surface area contributed by atoms with Crippen molar-refractivity contribution < 1.29 is 14.3 Å². The number of hydrogen-bond donors (Lipinski definition) is 0. The normalized spacial score (nSPS) is 12.0. The predicted molar refractivity (Wildman–Crippen MR) is 95.4 cm³/mol. The minimum Gasteiger partial charge on any atom is -0.358 e. The maximum absolute atomic E-state index is 13.4. The van der Waals surface area contributed by atoms with Gasteiger partial charge < -0.3 is 4.74 Å². The van der Waals surface area contributed by atoms with Crippen molar-refractivity contribution in [2.75, 3.05) is 6.61 Å². The zero-order valence-corrected chi connectivity index (χ0v) is 14.7. The molecule has 2 rings (SSSR count). The van der Waals surface area contributed by atoms with Crippen molar-refractivity contribution in [3.05, 3.63) is 71.8 Å². The van der Waals surface area contributed by atoms with Crippen molar-refractivity contribution in [3.8, 4) is 0 Å². The Morgan fingerprint density at radius 1 is 0.792 bits per heavy atom. The van der Waals surface area contributed by atoms with Crippen LogP contribution in [-0.4, -0.2) is 23.8 Å². The molecular weight excluding hydrogens is 300 g/mol. The molecular formula is C21H24O3. The highest BCUT2D eigenvalue weighted by Crippen LogP contribution is 2.39. The summed E-state index contributed by atoms with van der Waals surface area (Å²) in [5, 5.41) is 0. The van der Waals surface area contributed by atoms with Gasteiger partial charge in [-0.3, -0.25) is 9.59 Å². The Labute approximate surface area is 143 Å². The van der Waals surface area contributed by atoms with Crippen molar-refractivity contribution >= 4 is 11.6 Å². The van der Waals surface area contributed by atoms with Gasteiger partial charge in [-0.25, -0.2) is 0 Å². The van der Waals surface area contributed by atoms with Gasteiger partial charge in [-0.05, 0) is 6.92 Å². The quantitative estimate of drug-likeness (QED) is 0.577. The molecule has 0 heterocycles. The van der Waals surface area contributed by atoms with Gasteiger partial charge in [0.05, 0.1) is 0 Å². The zero-order valence-electron chi connectivity index (χ0n) is 14.7. The van der Waals surface area contributed by atoms with Gasteiger partial charge in [0, 0.05) is 23.1 Å². The third kappa shape index (κ3) is 3.17. The number of carbonyl (C=O) groups excluding carboxylic acids is 2. The highest BCUT2D eigenvalue weighted by atomic mass is 16.5. The monoisotopic (exact) mass is 324 g/mol. The van der Waals surface area contributed by atoms with Crippen LogP contribution in [0.2, 0.25) is 0 Å². The zero-order chi connectivity index (χ0) is 17.8. The molecule has 0 saturated heterocycles. The van der Waals surface area contributed by atoms with E-state index in [-0.39, 0.29) is 18.2 Å². The lowest BCUT2D eigenvalue weighted by Gasteiger charge is -2.41. The molecule has 3 heteroatoms. The van der Waals surface area contributed by atoms with Gasteiger partial charge >= 0.3 is 0 Å². The molecule has 0 aromatic heterocycles. The minimum absolute atomic E-state index is 0.272. The van der Waals surface area contributed by atoms with Gasteiger partial charge in [0.2, 0.25) is 11.6 Å². The summed E-state index contributed by atoms with van der Waals surface area (Å²) >= 11 is 0. The average molecular weight is 324 g/mol. The first-order chi connectivity index (χ1) is 11.3. The molecule has 0 spiro atoms. The smallest absolute Gasteiger partial charge is 0.203 e. The summed E-state index contributed by atoms with van der Waals surface area (Å²) < 4.78 is 5.93. The molecule has 0 aliphatic rings. The van der Waals surface area contributed by atoms with Crippen LogP contribution >= 0.6 is 0 Å². The average Bonchev–Trinajstić information content (AvgIpc) is 2.59. The molecule has 0 unspecified atom stereocenters. The SMILES string of the molecule is CCOC(C(=O)c1ccccc1)(C(=O)c1ccccc1)C(C)(C)C. The van der Waals surface area contributed by atoms with E-state index in [1.165, 1.54) is 0 Å². The molecule has 126 valence electrons. The summed E-state index contributed by atoms with van der Waals surface area (Å²) in [6.07, 6.45) is 0. The van der Waals surface area contributed by atoms with Crippen LogP contribution in [-0.2, 0) is 4.74 Å². The van der Waals surface area contributed by atoms with Crippen LogP contribution in [0.15, 0.2) is 60.7 Å². The summed E-state index contributed by atoms with van der Waals surface area (Å²) in [6, 6.07) is 17.7. The Balaban J connectivity index is 2.65. The molecule has 0 aliphatic heterocycles. The third-order valence-electron chi connectivity index (χ3n) is 4.13. The Hall–Kier alpha value is -2.26. The van der Waals surface area contributed by atoms with Crippen LogP contribution in [0, 0.1) is 5.41 Å². The lowest BCUT2D eigenvalue weighted by atomic mass is 9.68. The summed E-state index contributed by atoms with van der Waals surface area (Å²) in [7, 11) is 0. The first-order valence-electron chi connectivity index (χ1n) is 8.18. The number of ether oxygens (including phenoxy) is 1. The molecule has 2 aromatic rings. The second-order valence-electron chi connectivity index (χ2n) is 6.75. The fraction of sp³-hybridized carbons (Fsp3) is 0.333. The summed E-state index contributed by atoms with van der Waals surface area (Å²) in [5.74, 6) is -0.599.